The monoisotopic (exact) mass is 266 g/mol. The Balaban J connectivity index is 2.04. The first-order chi connectivity index (χ1) is 8.48. The third-order valence-electron chi connectivity index (χ3n) is 3.22. The van der Waals surface area contributed by atoms with Crippen molar-refractivity contribution in [2.75, 3.05) is 23.3 Å². The van der Waals surface area contributed by atoms with E-state index in [0.29, 0.717) is 16.5 Å². The highest BCUT2D eigenvalue weighted by atomic mass is 32.2. The first-order valence-corrected chi connectivity index (χ1v) is 7.49. The molecule has 0 radical (unpaired) electrons. The molecule has 1 atom stereocenters. The number of anilines is 2. The van der Waals surface area contributed by atoms with Crippen molar-refractivity contribution in [1.29, 1.82) is 0 Å². The van der Waals surface area contributed by atoms with Crippen LogP contribution >= 0.6 is 11.8 Å². The molecule has 0 aliphatic carbocycles. The predicted molar refractivity (Wildman–Crippen MR) is 79.1 cm³/mol. The molecule has 0 saturated carbocycles. The Morgan fingerprint density at radius 3 is 2.89 bits per heavy atom. The molecule has 1 aliphatic rings. The number of nitrogens with two attached hydrogens (primary N) is 1. The SMILES string of the molecule is CC(C)c1nc(N)cc(NCC2(C)CCCS2)n1. The number of aromatic nitrogens is 2. The van der Waals surface area contributed by atoms with Crippen LogP contribution in [0.1, 0.15) is 45.4 Å². The third-order valence-corrected chi connectivity index (χ3v) is 4.76. The van der Waals surface area contributed by atoms with Gasteiger partial charge in [-0.25, -0.2) is 9.97 Å². The molecule has 1 aromatic heterocycles. The largest absolute Gasteiger partial charge is 0.384 e. The summed E-state index contributed by atoms with van der Waals surface area (Å²) in [6, 6.07) is 1.81. The number of thioether (sulfide) groups is 1. The Kier molecular flexibility index (Phi) is 4.00. The summed E-state index contributed by atoms with van der Waals surface area (Å²) in [6.45, 7) is 7.40. The van der Waals surface area contributed by atoms with Crippen LogP contribution in [0, 0.1) is 0 Å². The van der Waals surface area contributed by atoms with Gasteiger partial charge in [0.2, 0.25) is 0 Å². The van der Waals surface area contributed by atoms with Gasteiger partial charge in [-0.05, 0) is 25.5 Å². The maximum absolute atomic E-state index is 5.82. The summed E-state index contributed by atoms with van der Waals surface area (Å²) in [6.07, 6.45) is 2.58. The lowest BCUT2D eigenvalue weighted by Gasteiger charge is -2.23. The number of nitrogens with one attached hydrogen (secondary N) is 1. The van der Waals surface area contributed by atoms with E-state index in [1.54, 1.807) is 0 Å². The molecule has 100 valence electrons. The quantitative estimate of drug-likeness (QED) is 0.877. The normalized spacial score (nSPS) is 23.6. The van der Waals surface area contributed by atoms with Gasteiger partial charge in [-0.2, -0.15) is 11.8 Å². The minimum absolute atomic E-state index is 0.297. The zero-order chi connectivity index (χ0) is 13.2. The molecule has 2 heterocycles. The summed E-state index contributed by atoms with van der Waals surface area (Å²) in [5.74, 6) is 3.76. The average molecular weight is 266 g/mol. The molecule has 1 unspecified atom stereocenters. The zero-order valence-corrected chi connectivity index (χ0v) is 12.2. The van der Waals surface area contributed by atoms with Gasteiger partial charge in [0.05, 0.1) is 0 Å². The number of nitrogen functional groups attached to an aromatic ring is 1. The molecular weight excluding hydrogens is 244 g/mol. The topological polar surface area (TPSA) is 63.8 Å². The van der Waals surface area contributed by atoms with Gasteiger partial charge in [-0.3, -0.25) is 0 Å². The lowest BCUT2D eigenvalue weighted by molar-refractivity contribution is 0.633. The van der Waals surface area contributed by atoms with Crippen LogP contribution in [0.3, 0.4) is 0 Å². The van der Waals surface area contributed by atoms with E-state index in [-0.39, 0.29) is 0 Å². The Hall–Kier alpha value is -0.970. The maximum Gasteiger partial charge on any atom is 0.135 e. The molecule has 0 bridgehead atoms. The van der Waals surface area contributed by atoms with Crippen LogP contribution in [0.25, 0.3) is 0 Å². The number of rotatable bonds is 4. The highest BCUT2D eigenvalue weighted by Gasteiger charge is 2.29. The molecule has 1 fully saturated rings. The molecule has 1 aromatic rings. The van der Waals surface area contributed by atoms with Crippen molar-refractivity contribution in [2.24, 2.45) is 0 Å². The summed E-state index contributed by atoms with van der Waals surface area (Å²) >= 11 is 2.04. The molecular formula is C13H22N4S. The van der Waals surface area contributed by atoms with Gasteiger partial charge in [0.25, 0.3) is 0 Å². The van der Waals surface area contributed by atoms with Gasteiger partial charge in [0.1, 0.15) is 17.5 Å². The Morgan fingerprint density at radius 1 is 1.50 bits per heavy atom. The van der Waals surface area contributed by atoms with Crippen LogP contribution in [-0.4, -0.2) is 27.0 Å². The number of hydrogen-bond donors (Lipinski definition) is 2. The summed E-state index contributed by atoms with van der Waals surface area (Å²) in [5, 5.41) is 3.41. The van der Waals surface area contributed by atoms with E-state index in [1.165, 1.54) is 18.6 Å². The van der Waals surface area contributed by atoms with E-state index < -0.39 is 0 Å². The standard InChI is InChI=1S/C13H22N4S/c1-9(2)12-16-10(14)7-11(17-12)15-8-13(3)5-4-6-18-13/h7,9H,4-6,8H2,1-3H3,(H3,14,15,16,17). The lowest BCUT2D eigenvalue weighted by atomic mass is 10.1. The summed E-state index contributed by atoms with van der Waals surface area (Å²) < 4.78 is 0.331. The van der Waals surface area contributed by atoms with Gasteiger partial charge in [-0.15, -0.1) is 0 Å². The van der Waals surface area contributed by atoms with Crippen molar-refractivity contribution in [1.82, 2.24) is 9.97 Å². The van der Waals surface area contributed by atoms with E-state index in [2.05, 4.69) is 36.1 Å². The van der Waals surface area contributed by atoms with Gasteiger partial charge in [0, 0.05) is 23.3 Å². The summed E-state index contributed by atoms with van der Waals surface area (Å²) in [5.41, 5.74) is 5.82. The van der Waals surface area contributed by atoms with Gasteiger partial charge in [-0.1, -0.05) is 13.8 Å². The Labute approximate surface area is 113 Å². The first-order valence-electron chi connectivity index (χ1n) is 6.51. The highest BCUT2D eigenvalue weighted by molar-refractivity contribution is 8.00. The fourth-order valence-electron chi connectivity index (χ4n) is 2.09. The van der Waals surface area contributed by atoms with Crippen LogP contribution in [0.4, 0.5) is 11.6 Å². The minimum atomic E-state index is 0.297. The van der Waals surface area contributed by atoms with Crippen molar-refractivity contribution in [2.45, 2.75) is 44.3 Å². The second-order valence-corrected chi connectivity index (χ2v) is 7.13. The molecule has 4 nitrogen and oxygen atoms in total. The van der Waals surface area contributed by atoms with Crippen molar-refractivity contribution >= 4 is 23.4 Å². The fraction of sp³-hybridized carbons (Fsp3) is 0.692. The van der Waals surface area contributed by atoms with Crippen molar-refractivity contribution < 1.29 is 0 Å². The molecule has 2 rings (SSSR count). The van der Waals surface area contributed by atoms with E-state index in [4.69, 9.17) is 5.73 Å². The summed E-state index contributed by atoms with van der Waals surface area (Å²) in [7, 11) is 0. The number of hydrogen-bond acceptors (Lipinski definition) is 5. The second-order valence-electron chi connectivity index (χ2n) is 5.45. The molecule has 1 aliphatic heterocycles. The van der Waals surface area contributed by atoms with Crippen LogP contribution in [0.2, 0.25) is 0 Å². The van der Waals surface area contributed by atoms with Crippen molar-refractivity contribution in [3.8, 4) is 0 Å². The van der Waals surface area contributed by atoms with E-state index in [1.807, 2.05) is 17.8 Å². The molecule has 0 spiro atoms. The molecule has 18 heavy (non-hydrogen) atoms. The minimum Gasteiger partial charge on any atom is -0.384 e. The van der Waals surface area contributed by atoms with Crippen LogP contribution in [0.15, 0.2) is 6.07 Å². The third kappa shape index (κ3) is 3.28. The second kappa shape index (κ2) is 5.34. The van der Waals surface area contributed by atoms with Crippen LogP contribution < -0.4 is 11.1 Å². The van der Waals surface area contributed by atoms with Gasteiger partial charge in [0.15, 0.2) is 0 Å². The van der Waals surface area contributed by atoms with Gasteiger partial charge < -0.3 is 11.1 Å². The highest BCUT2D eigenvalue weighted by Crippen LogP contribution is 2.37. The Morgan fingerprint density at radius 2 is 2.28 bits per heavy atom. The van der Waals surface area contributed by atoms with Crippen LogP contribution in [0.5, 0.6) is 0 Å². The molecule has 5 heteroatoms. The van der Waals surface area contributed by atoms with E-state index in [9.17, 15) is 0 Å². The number of nitrogens with zero attached hydrogens (tertiary/aromatic N) is 2. The fourth-order valence-corrected chi connectivity index (χ4v) is 3.33. The summed E-state index contributed by atoms with van der Waals surface area (Å²) in [4.78, 5) is 8.77. The Bertz CT molecular complexity index is 413. The molecule has 1 saturated heterocycles. The predicted octanol–water partition coefficient (Wildman–Crippen LogP) is 2.88. The molecule has 3 N–H and O–H groups in total. The molecule has 0 amide bonds. The van der Waals surface area contributed by atoms with Gasteiger partial charge >= 0.3 is 0 Å². The van der Waals surface area contributed by atoms with E-state index >= 15 is 0 Å². The average Bonchev–Trinajstić information content (AvgIpc) is 2.73. The lowest BCUT2D eigenvalue weighted by Crippen LogP contribution is -2.27. The van der Waals surface area contributed by atoms with Crippen molar-refractivity contribution in [3.63, 3.8) is 0 Å². The first kappa shape index (κ1) is 13.5. The van der Waals surface area contributed by atoms with Crippen LogP contribution in [-0.2, 0) is 0 Å². The van der Waals surface area contributed by atoms with E-state index in [0.717, 1.165) is 18.2 Å². The molecule has 0 aromatic carbocycles. The zero-order valence-electron chi connectivity index (χ0n) is 11.4. The maximum atomic E-state index is 5.82. The smallest absolute Gasteiger partial charge is 0.135 e. The van der Waals surface area contributed by atoms with Crippen molar-refractivity contribution in [3.05, 3.63) is 11.9 Å².